The molecule has 8 nitrogen and oxygen atoms in total. The molecule has 40 heavy (non-hydrogen) atoms. The molecule has 3 atom stereocenters. The van der Waals surface area contributed by atoms with Crippen LogP contribution in [0.15, 0.2) is 47.4 Å². The van der Waals surface area contributed by atoms with Gasteiger partial charge in [0, 0.05) is 42.0 Å². The zero-order valence-corrected chi connectivity index (χ0v) is 23.2. The highest BCUT2D eigenvalue weighted by Gasteiger charge is 2.34. The lowest BCUT2D eigenvalue weighted by Crippen LogP contribution is -2.50. The second kappa shape index (κ2) is 13.8. The number of likely N-dealkylation sites (tertiary alicyclic amines) is 1. The number of benzene rings is 2. The zero-order valence-electron chi connectivity index (χ0n) is 22.4. The first-order valence-corrected chi connectivity index (χ1v) is 14.9. The maximum atomic E-state index is 12.9. The number of carbonyl (C=O) groups is 1. The van der Waals surface area contributed by atoms with E-state index < -0.39 is 34.7 Å². The van der Waals surface area contributed by atoms with Crippen LogP contribution in [-0.2, 0) is 21.8 Å². The molecule has 0 saturated carbocycles. The molecule has 3 N–H and O–H groups in total. The Labute approximate surface area is 234 Å². The number of nitrogens with one attached hydrogen (secondary N) is 2. The molecule has 2 aromatic rings. The van der Waals surface area contributed by atoms with Crippen LogP contribution in [0.3, 0.4) is 0 Å². The van der Waals surface area contributed by atoms with E-state index >= 15 is 0 Å². The van der Waals surface area contributed by atoms with E-state index in [2.05, 4.69) is 22.5 Å². The maximum absolute atomic E-state index is 12.9. The minimum Gasteiger partial charge on any atom is -0.486 e. The minimum absolute atomic E-state index is 0.0125. The molecule has 12 heteroatoms. The summed E-state index contributed by atoms with van der Waals surface area (Å²) in [5, 5.41) is 16.8. The Bertz CT molecular complexity index is 1160. The monoisotopic (exact) mass is 583 g/mol. The molecule has 1 fully saturated rings. The Morgan fingerprint density at radius 1 is 1.15 bits per heavy atom. The molecule has 4 rings (SSSR count). The highest BCUT2D eigenvalue weighted by molar-refractivity contribution is 7.85. The number of unbranched alkanes of at least 4 members (excludes halogenated alkanes) is 1. The lowest BCUT2D eigenvalue weighted by Gasteiger charge is -2.34. The molecule has 2 heterocycles. The summed E-state index contributed by atoms with van der Waals surface area (Å²) in [4.78, 5) is 15.4. The second-order valence-corrected chi connectivity index (χ2v) is 11.7. The highest BCUT2D eigenvalue weighted by Crippen LogP contribution is 2.38. The number of anilines is 1. The van der Waals surface area contributed by atoms with Crippen LogP contribution in [0.25, 0.3) is 0 Å². The molecule has 2 aromatic carbocycles. The van der Waals surface area contributed by atoms with Gasteiger partial charge in [0.15, 0.2) is 17.6 Å². The number of aliphatic hydroxyl groups is 1. The van der Waals surface area contributed by atoms with Crippen molar-refractivity contribution in [1.82, 2.24) is 10.2 Å². The molecule has 0 spiro atoms. The Balaban J connectivity index is 1.15. The van der Waals surface area contributed by atoms with E-state index in [1.54, 1.807) is 24.3 Å². The summed E-state index contributed by atoms with van der Waals surface area (Å²) >= 11 is 0. The molecule has 2 aliphatic rings. The molecular weight excluding hydrogens is 547 g/mol. The van der Waals surface area contributed by atoms with Crippen LogP contribution < -0.4 is 20.1 Å². The van der Waals surface area contributed by atoms with Crippen molar-refractivity contribution in [1.29, 1.82) is 0 Å². The van der Waals surface area contributed by atoms with Crippen molar-refractivity contribution < 1.29 is 36.8 Å². The number of hydrogen-bond donors (Lipinski definition) is 3. The third-order valence-corrected chi connectivity index (χ3v) is 8.49. The van der Waals surface area contributed by atoms with Gasteiger partial charge >= 0.3 is 6.18 Å². The van der Waals surface area contributed by atoms with E-state index in [0.29, 0.717) is 24.5 Å². The van der Waals surface area contributed by atoms with E-state index in [9.17, 15) is 27.3 Å². The molecular formula is C28H36F3N3O5S. The van der Waals surface area contributed by atoms with Crippen molar-refractivity contribution in [2.24, 2.45) is 0 Å². The number of piperidine rings is 1. The lowest BCUT2D eigenvalue weighted by molar-refractivity contribution is -0.137. The van der Waals surface area contributed by atoms with Gasteiger partial charge < -0.3 is 25.2 Å². The summed E-state index contributed by atoms with van der Waals surface area (Å²) in [5.74, 6) is 0.711. The average molecular weight is 584 g/mol. The van der Waals surface area contributed by atoms with Gasteiger partial charge in [0.05, 0.1) is 22.9 Å². The number of amides is 1. The molecule has 1 saturated heterocycles. The van der Waals surface area contributed by atoms with Crippen LogP contribution >= 0.6 is 0 Å². The first-order chi connectivity index (χ1) is 19.1. The second-order valence-electron chi connectivity index (χ2n) is 10.1. The summed E-state index contributed by atoms with van der Waals surface area (Å²) in [6, 6.07) is 10.3. The van der Waals surface area contributed by atoms with Gasteiger partial charge in [-0.2, -0.15) is 13.2 Å². The van der Waals surface area contributed by atoms with Gasteiger partial charge in [-0.1, -0.05) is 13.3 Å². The molecule has 2 aliphatic heterocycles. The van der Waals surface area contributed by atoms with Crippen LogP contribution in [-0.4, -0.2) is 76.9 Å². The summed E-state index contributed by atoms with van der Waals surface area (Å²) in [6.45, 7) is 3.95. The molecule has 1 amide bonds. The summed E-state index contributed by atoms with van der Waals surface area (Å²) in [6.07, 6.45) is -2.58. The van der Waals surface area contributed by atoms with Gasteiger partial charge in [-0.25, -0.2) is 0 Å². The van der Waals surface area contributed by atoms with Crippen LogP contribution in [0.4, 0.5) is 18.9 Å². The Morgan fingerprint density at radius 2 is 1.88 bits per heavy atom. The summed E-state index contributed by atoms with van der Waals surface area (Å²) in [7, 11) is -1.02. The predicted octanol–water partition coefficient (Wildman–Crippen LogP) is 3.81. The fraction of sp³-hybridized carbons (Fsp3) is 0.536. The first-order valence-electron chi connectivity index (χ1n) is 13.5. The number of hydrogen-bond acceptors (Lipinski definition) is 7. The van der Waals surface area contributed by atoms with E-state index in [0.717, 1.165) is 42.7 Å². The zero-order chi connectivity index (χ0) is 28.7. The Hall–Kier alpha value is -2.67. The van der Waals surface area contributed by atoms with Gasteiger partial charge in [0.2, 0.25) is 5.91 Å². The smallest absolute Gasteiger partial charge is 0.416 e. The molecule has 0 bridgehead atoms. The Morgan fingerprint density at radius 3 is 2.55 bits per heavy atom. The van der Waals surface area contributed by atoms with Crippen LogP contribution in [0, 0.1) is 0 Å². The van der Waals surface area contributed by atoms with Gasteiger partial charge in [-0.05, 0) is 61.7 Å². The molecule has 220 valence electrons. The normalized spacial score (nSPS) is 19.7. The summed E-state index contributed by atoms with van der Waals surface area (Å²) in [5.41, 5.74) is -0.144. The molecule has 0 aliphatic carbocycles. The number of carbonyl (C=O) groups excluding carboxylic acids is 1. The van der Waals surface area contributed by atoms with E-state index in [-0.39, 0.29) is 43.1 Å². The molecule has 0 aromatic heterocycles. The summed E-state index contributed by atoms with van der Waals surface area (Å²) < 4.78 is 62.1. The van der Waals surface area contributed by atoms with Gasteiger partial charge in [-0.15, -0.1) is 0 Å². The third kappa shape index (κ3) is 8.42. The maximum Gasteiger partial charge on any atom is 0.416 e. The number of rotatable bonds is 11. The minimum atomic E-state index is -4.47. The highest BCUT2D eigenvalue weighted by atomic mass is 32.2. The lowest BCUT2D eigenvalue weighted by atomic mass is 10.0. The quantitative estimate of drug-likeness (QED) is 0.370. The largest absolute Gasteiger partial charge is 0.486 e. The number of aliphatic hydroxyl groups excluding tert-OH is 1. The van der Waals surface area contributed by atoms with Crippen molar-refractivity contribution in [3.05, 3.63) is 48.0 Å². The predicted molar refractivity (Wildman–Crippen MR) is 146 cm³/mol. The van der Waals surface area contributed by atoms with Crippen LogP contribution in [0.1, 0.15) is 38.2 Å². The van der Waals surface area contributed by atoms with Crippen molar-refractivity contribution in [3.63, 3.8) is 0 Å². The number of halogens is 3. The van der Waals surface area contributed by atoms with Crippen molar-refractivity contribution in [3.8, 4) is 11.5 Å². The fourth-order valence-corrected chi connectivity index (χ4v) is 5.88. The van der Waals surface area contributed by atoms with Crippen LogP contribution in [0.2, 0.25) is 0 Å². The van der Waals surface area contributed by atoms with E-state index in [1.165, 1.54) is 6.07 Å². The van der Waals surface area contributed by atoms with Gasteiger partial charge in [0.25, 0.3) is 0 Å². The van der Waals surface area contributed by atoms with E-state index in [4.69, 9.17) is 9.47 Å². The number of ether oxygens (including phenoxy) is 2. The SMILES string of the molecule is CCCCS(=O)c1ccc(NC(=O)CN2CCC(NCC(O)C3COc4cc(C(F)(F)F)ccc4O3)CC2)cc1. The van der Waals surface area contributed by atoms with E-state index in [1.807, 2.05) is 0 Å². The van der Waals surface area contributed by atoms with Crippen molar-refractivity contribution >= 4 is 22.4 Å². The molecule has 0 radical (unpaired) electrons. The van der Waals surface area contributed by atoms with Gasteiger partial charge in [-0.3, -0.25) is 13.9 Å². The Kier molecular flexibility index (Phi) is 10.4. The van der Waals surface area contributed by atoms with Crippen LogP contribution in [0.5, 0.6) is 11.5 Å². The number of fused-ring (bicyclic) bond motifs is 1. The third-order valence-electron chi connectivity index (χ3n) is 7.04. The topological polar surface area (TPSA) is 100 Å². The fourth-order valence-electron chi connectivity index (χ4n) is 4.65. The number of nitrogens with zero attached hydrogens (tertiary/aromatic N) is 1. The van der Waals surface area contributed by atoms with Crippen molar-refractivity contribution in [2.45, 2.75) is 61.9 Å². The number of alkyl halides is 3. The average Bonchev–Trinajstić information content (AvgIpc) is 2.94. The molecule has 3 unspecified atom stereocenters. The standard InChI is InChI=1S/C28H36F3N3O5S/c1-2-3-14-40(37)22-7-5-21(6-8-22)33-27(36)17-34-12-10-20(11-13-34)32-16-23(35)26-18-38-25-15-19(28(29,30)31)4-9-24(25)39-26/h4-9,15,20,23,26,32,35H,2-3,10-14,16-18H2,1H3,(H,33,36). The first kappa shape index (κ1) is 30.3. The van der Waals surface area contributed by atoms with Gasteiger partial charge in [0.1, 0.15) is 12.7 Å². The van der Waals surface area contributed by atoms with Crippen molar-refractivity contribution in [2.75, 3.05) is 43.9 Å².